The molecule has 148 valence electrons. The fraction of sp³-hybridized carbons (Fsp3) is 0.727. The molecule has 1 aromatic carbocycles. The third-order valence-electron chi connectivity index (χ3n) is 5.69. The van der Waals surface area contributed by atoms with Gasteiger partial charge in [-0.1, -0.05) is 67.0 Å². The Morgan fingerprint density at radius 1 is 0.962 bits per heavy atom. The van der Waals surface area contributed by atoms with Gasteiger partial charge in [-0.2, -0.15) is 4.31 Å². The maximum Gasteiger partial charge on any atom is 0.243 e. The van der Waals surface area contributed by atoms with E-state index in [0.29, 0.717) is 17.4 Å². The van der Waals surface area contributed by atoms with Crippen molar-refractivity contribution < 1.29 is 8.42 Å². The monoisotopic (exact) mass is 379 g/mol. The molecule has 1 aliphatic rings. The van der Waals surface area contributed by atoms with Crippen LogP contribution in [0.4, 0.5) is 0 Å². The highest BCUT2D eigenvalue weighted by Gasteiger charge is 2.36. The summed E-state index contributed by atoms with van der Waals surface area (Å²) in [6.07, 6.45) is 3.96. The van der Waals surface area contributed by atoms with E-state index in [2.05, 4.69) is 60.6 Å². The summed E-state index contributed by atoms with van der Waals surface area (Å²) in [4.78, 5) is 0.590. The molecule has 1 aliphatic heterocycles. The van der Waals surface area contributed by atoms with E-state index in [1.54, 1.807) is 4.31 Å². The van der Waals surface area contributed by atoms with Gasteiger partial charge in [0.25, 0.3) is 0 Å². The Labute approximate surface area is 161 Å². The van der Waals surface area contributed by atoms with E-state index >= 15 is 0 Å². The summed E-state index contributed by atoms with van der Waals surface area (Å²) in [7, 11) is -3.48. The van der Waals surface area contributed by atoms with Gasteiger partial charge in [-0.05, 0) is 53.7 Å². The Kier molecular flexibility index (Phi) is 6.95. The van der Waals surface area contributed by atoms with Crippen molar-refractivity contribution in [2.24, 2.45) is 0 Å². The van der Waals surface area contributed by atoms with Gasteiger partial charge in [-0.15, -0.1) is 0 Å². The minimum absolute atomic E-state index is 0.138. The fourth-order valence-electron chi connectivity index (χ4n) is 4.00. The molecule has 0 spiro atoms. The van der Waals surface area contributed by atoms with Crippen molar-refractivity contribution in [2.45, 2.75) is 103 Å². The van der Waals surface area contributed by atoms with Crippen molar-refractivity contribution in [1.82, 2.24) is 4.31 Å². The van der Waals surface area contributed by atoms with Gasteiger partial charge in [0.1, 0.15) is 0 Å². The minimum atomic E-state index is -3.48. The van der Waals surface area contributed by atoms with Crippen LogP contribution in [0.1, 0.15) is 109 Å². The highest BCUT2D eigenvalue weighted by atomic mass is 32.2. The van der Waals surface area contributed by atoms with Gasteiger partial charge in [-0.3, -0.25) is 0 Å². The van der Waals surface area contributed by atoms with Crippen LogP contribution in [0.2, 0.25) is 0 Å². The lowest BCUT2D eigenvalue weighted by Gasteiger charge is -2.36. The molecule has 3 nitrogen and oxygen atoms in total. The number of hydrogen-bond donors (Lipinski definition) is 0. The van der Waals surface area contributed by atoms with Crippen LogP contribution >= 0.6 is 0 Å². The number of sulfonamides is 1. The summed E-state index contributed by atoms with van der Waals surface area (Å²) >= 11 is 0. The lowest BCUT2D eigenvalue weighted by atomic mass is 9.89. The second-order valence-electron chi connectivity index (χ2n) is 8.67. The van der Waals surface area contributed by atoms with Crippen LogP contribution in [0, 0.1) is 0 Å². The molecule has 0 radical (unpaired) electrons. The van der Waals surface area contributed by atoms with Crippen molar-refractivity contribution >= 4 is 10.0 Å². The Balaban J connectivity index is 2.73. The van der Waals surface area contributed by atoms with E-state index in [0.717, 1.165) is 36.8 Å². The summed E-state index contributed by atoms with van der Waals surface area (Å²) in [6, 6.07) is 4.41. The smallest absolute Gasteiger partial charge is 0.207 e. The van der Waals surface area contributed by atoms with E-state index < -0.39 is 10.0 Å². The largest absolute Gasteiger partial charge is 0.243 e. The van der Waals surface area contributed by atoms with Gasteiger partial charge >= 0.3 is 0 Å². The Morgan fingerprint density at radius 3 is 1.92 bits per heavy atom. The average molecular weight is 380 g/mol. The zero-order valence-corrected chi connectivity index (χ0v) is 18.5. The van der Waals surface area contributed by atoms with Crippen LogP contribution < -0.4 is 0 Å². The molecule has 1 saturated heterocycles. The summed E-state index contributed by atoms with van der Waals surface area (Å²) in [5, 5.41) is 0. The highest BCUT2D eigenvalue weighted by molar-refractivity contribution is 7.89. The van der Waals surface area contributed by atoms with Gasteiger partial charge in [0.15, 0.2) is 0 Å². The molecule has 0 aliphatic carbocycles. The SMILES string of the molecule is CC[C@H]1CCCCN1S(=O)(=O)c1c(C(C)C)cc(C(C)C)cc1C(C)C. The average Bonchev–Trinajstić information content (AvgIpc) is 2.60. The molecule has 4 heteroatoms. The molecule has 0 aromatic heterocycles. The lowest BCUT2D eigenvalue weighted by molar-refractivity contribution is 0.246. The number of rotatable bonds is 6. The summed E-state index contributed by atoms with van der Waals surface area (Å²) < 4.78 is 29.4. The molecule has 2 rings (SSSR count). The third kappa shape index (κ3) is 4.17. The van der Waals surface area contributed by atoms with Crippen molar-refractivity contribution in [3.63, 3.8) is 0 Å². The third-order valence-corrected chi connectivity index (χ3v) is 7.78. The molecular weight excluding hydrogens is 342 g/mol. The minimum Gasteiger partial charge on any atom is -0.207 e. The lowest BCUT2D eigenvalue weighted by Crippen LogP contribution is -2.44. The number of piperidine rings is 1. The van der Waals surface area contributed by atoms with Crippen molar-refractivity contribution in [2.75, 3.05) is 6.54 Å². The van der Waals surface area contributed by atoms with Gasteiger partial charge in [0, 0.05) is 12.6 Å². The molecule has 1 atom stereocenters. The van der Waals surface area contributed by atoms with Crippen LogP contribution in [-0.4, -0.2) is 25.3 Å². The molecule has 0 N–H and O–H groups in total. The molecule has 1 fully saturated rings. The maximum atomic E-state index is 13.8. The molecule has 0 saturated carbocycles. The van der Waals surface area contributed by atoms with Crippen molar-refractivity contribution in [3.8, 4) is 0 Å². The molecule has 0 bridgehead atoms. The first-order chi connectivity index (χ1) is 12.1. The van der Waals surface area contributed by atoms with Gasteiger partial charge in [0.05, 0.1) is 4.90 Å². The van der Waals surface area contributed by atoms with E-state index in [9.17, 15) is 8.42 Å². The molecule has 26 heavy (non-hydrogen) atoms. The predicted molar refractivity (Wildman–Crippen MR) is 111 cm³/mol. The second kappa shape index (κ2) is 8.43. The van der Waals surface area contributed by atoms with E-state index in [1.165, 1.54) is 5.56 Å². The van der Waals surface area contributed by atoms with E-state index in [-0.39, 0.29) is 17.9 Å². The first-order valence-electron chi connectivity index (χ1n) is 10.3. The van der Waals surface area contributed by atoms with Crippen LogP contribution in [0.3, 0.4) is 0 Å². The maximum absolute atomic E-state index is 13.8. The van der Waals surface area contributed by atoms with Crippen LogP contribution in [0.5, 0.6) is 0 Å². The van der Waals surface area contributed by atoms with Crippen LogP contribution in [0.25, 0.3) is 0 Å². The molecular formula is C22H37NO2S. The first kappa shape index (κ1) is 21.4. The van der Waals surface area contributed by atoms with Crippen LogP contribution in [0.15, 0.2) is 17.0 Å². The highest BCUT2D eigenvalue weighted by Crippen LogP contribution is 2.38. The second-order valence-corrected chi connectivity index (χ2v) is 10.5. The first-order valence-corrected chi connectivity index (χ1v) is 11.7. The zero-order chi connectivity index (χ0) is 19.6. The number of nitrogens with zero attached hydrogens (tertiary/aromatic N) is 1. The summed E-state index contributed by atoms with van der Waals surface area (Å²) in [5.41, 5.74) is 3.21. The predicted octanol–water partition coefficient (Wildman–Crippen LogP) is 6.01. The molecule has 0 unspecified atom stereocenters. The van der Waals surface area contributed by atoms with Crippen LogP contribution in [-0.2, 0) is 10.0 Å². The summed E-state index contributed by atoms with van der Waals surface area (Å²) in [6.45, 7) is 15.5. The normalized spacial score (nSPS) is 19.7. The fourth-order valence-corrected chi connectivity index (χ4v) is 6.44. The van der Waals surface area contributed by atoms with Crippen molar-refractivity contribution in [3.05, 3.63) is 28.8 Å². The van der Waals surface area contributed by atoms with Gasteiger partial charge in [-0.25, -0.2) is 8.42 Å². The van der Waals surface area contributed by atoms with Gasteiger partial charge < -0.3 is 0 Å². The Bertz CT molecular complexity index is 691. The molecule has 1 heterocycles. The molecule has 0 amide bonds. The standard InChI is InChI=1S/C22H37NO2S/c1-8-19-11-9-10-12-23(19)26(24,25)22-20(16(4)5)13-18(15(2)3)14-21(22)17(6)7/h13-17,19H,8-12H2,1-7H3/t19-/m0/s1. The van der Waals surface area contributed by atoms with E-state index in [4.69, 9.17) is 0 Å². The quantitative estimate of drug-likeness (QED) is 0.607. The topological polar surface area (TPSA) is 37.4 Å². The number of hydrogen-bond acceptors (Lipinski definition) is 2. The Hall–Kier alpha value is -0.870. The summed E-state index contributed by atoms with van der Waals surface area (Å²) in [5.74, 6) is 0.752. The van der Waals surface area contributed by atoms with E-state index in [1.807, 2.05) is 0 Å². The molecule has 1 aromatic rings. The van der Waals surface area contributed by atoms with Gasteiger partial charge in [0.2, 0.25) is 10.0 Å². The zero-order valence-electron chi connectivity index (χ0n) is 17.7. The number of benzene rings is 1. The van der Waals surface area contributed by atoms with Crippen molar-refractivity contribution in [1.29, 1.82) is 0 Å². The Morgan fingerprint density at radius 2 is 1.50 bits per heavy atom.